The summed E-state index contributed by atoms with van der Waals surface area (Å²) in [6.45, 7) is 4.60. The average Bonchev–Trinajstić information content (AvgIpc) is 2.84. The van der Waals surface area contributed by atoms with Crippen molar-refractivity contribution in [2.24, 2.45) is 0 Å². The van der Waals surface area contributed by atoms with Crippen LogP contribution in [-0.4, -0.2) is 18.4 Å². The molecule has 2 nitrogen and oxygen atoms in total. The highest BCUT2D eigenvalue weighted by Gasteiger charge is 2.35. The minimum Gasteiger partial charge on any atom is -0.497 e. The second-order valence-corrected chi connectivity index (χ2v) is 7.94. The summed E-state index contributed by atoms with van der Waals surface area (Å²) in [5, 5.41) is 4.06. The van der Waals surface area contributed by atoms with Gasteiger partial charge in [0.05, 0.1) is 13.2 Å². The molecule has 0 spiro atoms. The third-order valence-corrected chi connectivity index (χ3v) is 6.67. The van der Waals surface area contributed by atoms with E-state index in [9.17, 15) is 0 Å². The van der Waals surface area contributed by atoms with E-state index in [-0.39, 0.29) is 11.6 Å². The monoisotopic (exact) mass is 355 g/mol. The molecule has 134 valence electrons. The first-order valence-electron chi connectivity index (χ1n) is 9.34. The lowest BCUT2D eigenvalue weighted by Crippen LogP contribution is -2.48. The van der Waals surface area contributed by atoms with Crippen molar-refractivity contribution in [1.82, 2.24) is 5.32 Å². The van der Waals surface area contributed by atoms with Crippen LogP contribution < -0.4 is 10.1 Å². The summed E-state index contributed by atoms with van der Waals surface area (Å²) in [5.74, 6) is 2.04. The molecule has 2 aromatic rings. The predicted molar refractivity (Wildman–Crippen MR) is 108 cm³/mol. The quantitative estimate of drug-likeness (QED) is 0.705. The van der Waals surface area contributed by atoms with E-state index >= 15 is 0 Å². The Morgan fingerprint density at radius 1 is 1.16 bits per heavy atom. The van der Waals surface area contributed by atoms with E-state index < -0.39 is 0 Å². The van der Waals surface area contributed by atoms with Crippen LogP contribution in [0, 0.1) is 0 Å². The zero-order valence-electron chi connectivity index (χ0n) is 15.5. The van der Waals surface area contributed by atoms with E-state index in [1.54, 1.807) is 7.11 Å². The Hall–Kier alpha value is -1.45. The second kappa shape index (κ2) is 8.29. The Labute approximate surface area is 156 Å². The topological polar surface area (TPSA) is 21.3 Å². The van der Waals surface area contributed by atoms with E-state index in [2.05, 4.69) is 67.7 Å². The van der Waals surface area contributed by atoms with E-state index in [0.717, 1.165) is 17.9 Å². The highest BCUT2D eigenvalue weighted by molar-refractivity contribution is 7.99. The van der Waals surface area contributed by atoms with Crippen LogP contribution in [0.3, 0.4) is 0 Å². The molecule has 25 heavy (non-hydrogen) atoms. The molecule has 0 aliphatic carbocycles. The lowest BCUT2D eigenvalue weighted by molar-refractivity contribution is 0.298. The number of unbranched alkanes of at least 4 members (excludes halogenated alkanes) is 1. The van der Waals surface area contributed by atoms with Crippen LogP contribution >= 0.6 is 11.8 Å². The van der Waals surface area contributed by atoms with Gasteiger partial charge in [-0.2, -0.15) is 0 Å². The van der Waals surface area contributed by atoms with Crippen LogP contribution in [0.1, 0.15) is 56.7 Å². The van der Waals surface area contributed by atoms with Gasteiger partial charge in [0.25, 0.3) is 0 Å². The number of benzene rings is 2. The fourth-order valence-electron chi connectivity index (χ4n) is 3.60. The van der Waals surface area contributed by atoms with Crippen molar-refractivity contribution in [3.8, 4) is 5.75 Å². The molecule has 0 fully saturated rings. The minimum absolute atomic E-state index is 0.174. The molecule has 3 heteroatoms. The number of fused-ring (bicyclic) bond motifs is 1. The Morgan fingerprint density at radius 3 is 2.64 bits per heavy atom. The van der Waals surface area contributed by atoms with E-state index in [4.69, 9.17) is 4.74 Å². The maximum absolute atomic E-state index is 5.47. The van der Waals surface area contributed by atoms with Crippen LogP contribution in [0.4, 0.5) is 0 Å². The number of hydrogen-bond acceptors (Lipinski definition) is 3. The van der Waals surface area contributed by atoms with Gasteiger partial charge in [-0.05, 0) is 36.1 Å². The Bertz CT molecular complexity index is 688. The predicted octanol–water partition coefficient (Wildman–Crippen LogP) is 5.82. The molecule has 1 heterocycles. The Morgan fingerprint density at radius 2 is 1.96 bits per heavy atom. The normalized spacial score (nSPS) is 22.9. The van der Waals surface area contributed by atoms with Gasteiger partial charge < -0.3 is 4.74 Å². The van der Waals surface area contributed by atoms with Gasteiger partial charge in [0, 0.05) is 16.2 Å². The van der Waals surface area contributed by atoms with Crippen molar-refractivity contribution in [3.05, 3.63) is 59.7 Å². The van der Waals surface area contributed by atoms with Crippen molar-refractivity contribution in [3.63, 3.8) is 0 Å². The summed E-state index contributed by atoms with van der Waals surface area (Å²) >= 11 is 1.98. The van der Waals surface area contributed by atoms with Gasteiger partial charge in [-0.15, -0.1) is 11.8 Å². The summed E-state index contributed by atoms with van der Waals surface area (Å²) in [6, 6.07) is 17.6. The van der Waals surface area contributed by atoms with Crippen LogP contribution in [-0.2, 0) is 0 Å². The van der Waals surface area contributed by atoms with Crippen LogP contribution in [0.2, 0.25) is 0 Å². The third-order valence-electron chi connectivity index (χ3n) is 5.30. The summed E-state index contributed by atoms with van der Waals surface area (Å²) in [7, 11) is 1.74. The van der Waals surface area contributed by atoms with E-state index in [1.807, 2.05) is 11.8 Å². The van der Waals surface area contributed by atoms with E-state index in [1.165, 1.54) is 35.3 Å². The molecule has 2 atom stereocenters. The molecule has 0 saturated heterocycles. The number of thioether (sulfide) groups is 1. The average molecular weight is 356 g/mol. The smallest absolute Gasteiger partial charge is 0.119 e. The SMILES string of the molecule is CCCC[C@]1(CC)CSc2cc(OC)ccc2[C@H](c2ccccc2)N1. The summed E-state index contributed by atoms with van der Waals surface area (Å²) in [5.41, 5.74) is 2.88. The molecule has 1 aliphatic rings. The molecule has 0 radical (unpaired) electrons. The summed E-state index contributed by atoms with van der Waals surface area (Å²) < 4.78 is 5.47. The van der Waals surface area contributed by atoms with Crippen LogP contribution in [0.5, 0.6) is 5.75 Å². The minimum atomic E-state index is 0.174. The van der Waals surface area contributed by atoms with Gasteiger partial charge in [-0.25, -0.2) is 0 Å². The van der Waals surface area contributed by atoms with Crippen molar-refractivity contribution in [2.45, 2.75) is 56.0 Å². The first-order valence-corrected chi connectivity index (χ1v) is 10.3. The molecule has 1 N–H and O–H groups in total. The third kappa shape index (κ3) is 4.04. The van der Waals surface area contributed by atoms with Crippen molar-refractivity contribution in [1.29, 1.82) is 0 Å². The highest BCUT2D eigenvalue weighted by Crippen LogP contribution is 2.42. The summed E-state index contributed by atoms with van der Waals surface area (Å²) in [6.07, 6.45) is 4.88. The van der Waals surface area contributed by atoms with Gasteiger partial charge >= 0.3 is 0 Å². The zero-order chi connectivity index (χ0) is 17.7. The van der Waals surface area contributed by atoms with Gasteiger partial charge in [0.15, 0.2) is 0 Å². The molecule has 2 aromatic carbocycles. The van der Waals surface area contributed by atoms with Gasteiger partial charge in [0.1, 0.15) is 5.75 Å². The number of hydrogen-bond donors (Lipinski definition) is 1. The maximum Gasteiger partial charge on any atom is 0.119 e. The molecule has 0 amide bonds. The fourth-order valence-corrected chi connectivity index (χ4v) is 5.01. The Kier molecular flexibility index (Phi) is 6.08. The molecule has 3 rings (SSSR count). The standard InChI is InChI=1S/C22H29NOS/c1-4-6-14-22(5-2)16-25-20-15-18(24-3)12-13-19(20)21(23-22)17-10-8-7-9-11-17/h7-13,15,21,23H,4-6,14,16H2,1-3H3/t21-,22+/m0/s1. The van der Waals surface area contributed by atoms with Crippen LogP contribution in [0.25, 0.3) is 0 Å². The number of ether oxygens (including phenoxy) is 1. The van der Waals surface area contributed by atoms with Crippen LogP contribution in [0.15, 0.2) is 53.4 Å². The van der Waals surface area contributed by atoms with Crippen molar-refractivity contribution >= 4 is 11.8 Å². The largest absolute Gasteiger partial charge is 0.497 e. The first-order chi connectivity index (χ1) is 12.2. The van der Waals surface area contributed by atoms with Gasteiger partial charge in [0.2, 0.25) is 0 Å². The van der Waals surface area contributed by atoms with Crippen molar-refractivity contribution < 1.29 is 4.74 Å². The second-order valence-electron chi connectivity index (χ2n) is 6.92. The molecular weight excluding hydrogens is 326 g/mol. The Balaban J connectivity index is 2.04. The first kappa shape index (κ1) is 18.3. The molecule has 0 bridgehead atoms. The van der Waals surface area contributed by atoms with Gasteiger partial charge in [-0.1, -0.05) is 63.1 Å². The highest BCUT2D eigenvalue weighted by atomic mass is 32.2. The number of rotatable bonds is 6. The maximum atomic E-state index is 5.47. The molecular formula is C22H29NOS. The molecule has 0 aromatic heterocycles. The lowest BCUT2D eigenvalue weighted by Gasteiger charge is -2.36. The molecule has 1 aliphatic heterocycles. The van der Waals surface area contributed by atoms with E-state index in [0.29, 0.717) is 0 Å². The molecule has 0 unspecified atom stereocenters. The fraction of sp³-hybridized carbons (Fsp3) is 0.455. The zero-order valence-corrected chi connectivity index (χ0v) is 16.4. The lowest BCUT2D eigenvalue weighted by atomic mass is 9.88. The van der Waals surface area contributed by atoms with Crippen molar-refractivity contribution in [2.75, 3.05) is 12.9 Å². The molecule has 0 saturated carbocycles. The van der Waals surface area contributed by atoms with Gasteiger partial charge in [-0.3, -0.25) is 5.32 Å². The number of methoxy groups -OCH3 is 1. The number of nitrogens with one attached hydrogen (secondary N) is 1. The summed E-state index contributed by atoms with van der Waals surface area (Å²) in [4.78, 5) is 1.34.